The number of imide groups is 1. The number of aliphatic hydroxyl groups is 1. The fourth-order valence-corrected chi connectivity index (χ4v) is 7.85. The number of ether oxygens (including phenoxy) is 1. The predicted molar refractivity (Wildman–Crippen MR) is 194 cm³/mol. The van der Waals surface area contributed by atoms with Gasteiger partial charge < -0.3 is 14.0 Å². The number of hydrogen-bond acceptors (Lipinski definition) is 9. The summed E-state index contributed by atoms with van der Waals surface area (Å²) in [5, 5.41) is 12.3. The standard InChI is InChI=1S/C41H32FN3O7S/c42-29-19-17-26(18-20-29)24-44-25-33-34(41(44)48)38(51-36(27-10-3-1-4-11-27)28-12-5-2-6-13-28)35-32(16-9-21-43-35)37(33)52-53(49,50)23-22-45-39(46)30-14-7-8-15-31(30)40(45)47/h1-21,36,41,48H,22-25H2. The molecule has 1 unspecified atom stereocenters. The van der Waals surface area contributed by atoms with Gasteiger partial charge in [-0.25, -0.2) is 4.39 Å². The van der Waals surface area contributed by atoms with E-state index in [1.807, 2.05) is 60.7 Å². The zero-order valence-corrected chi connectivity index (χ0v) is 28.9. The molecule has 1 atom stereocenters. The van der Waals surface area contributed by atoms with Gasteiger partial charge in [0.2, 0.25) is 0 Å². The van der Waals surface area contributed by atoms with Crippen LogP contribution in [0, 0.1) is 5.82 Å². The third-order valence-corrected chi connectivity index (χ3v) is 10.6. The molecule has 0 aliphatic carbocycles. The molecule has 0 fully saturated rings. The van der Waals surface area contributed by atoms with Crippen LogP contribution in [0.25, 0.3) is 10.9 Å². The number of fused-ring (bicyclic) bond motifs is 3. The number of rotatable bonds is 11. The molecule has 0 saturated carbocycles. The second kappa shape index (κ2) is 13.9. The number of aliphatic hydroxyl groups excluding tert-OH is 1. The van der Waals surface area contributed by atoms with Gasteiger partial charge in [-0.3, -0.25) is 24.4 Å². The maximum Gasteiger partial charge on any atom is 0.310 e. The van der Waals surface area contributed by atoms with E-state index in [-0.39, 0.29) is 46.8 Å². The first-order valence-corrected chi connectivity index (χ1v) is 18.5. The van der Waals surface area contributed by atoms with Crippen LogP contribution in [0.15, 0.2) is 128 Å². The number of halogens is 1. The van der Waals surface area contributed by atoms with Crippen LogP contribution in [-0.2, 0) is 23.2 Å². The fraction of sp³-hybridized carbons (Fsp3) is 0.146. The lowest BCUT2D eigenvalue weighted by Gasteiger charge is -2.25. The van der Waals surface area contributed by atoms with E-state index in [4.69, 9.17) is 8.92 Å². The maximum absolute atomic E-state index is 13.8. The highest BCUT2D eigenvalue weighted by atomic mass is 32.2. The summed E-state index contributed by atoms with van der Waals surface area (Å²) >= 11 is 0. The fourth-order valence-electron chi connectivity index (χ4n) is 6.92. The molecule has 5 aromatic carbocycles. The Morgan fingerprint density at radius 1 is 0.792 bits per heavy atom. The van der Waals surface area contributed by atoms with Gasteiger partial charge >= 0.3 is 10.1 Å². The number of amides is 2. The van der Waals surface area contributed by atoms with E-state index in [2.05, 4.69) is 4.98 Å². The van der Waals surface area contributed by atoms with Gasteiger partial charge in [0.15, 0.2) is 11.5 Å². The molecule has 0 radical (unpaired) electrons. The van der Waals surface area contributed by atoms with Crippen LogP contribution in [0.2, 0.25) is 0 Å². The smallest absolute Gasteiger partial charge is 0.310 e. The van der Waals surface area contributed by atoms with Crippen LogP contribution >= 0.6 is 0 Å². The molecule has 2 aliphatic heterocycles. The number of pyridine rings is 1. The molecule has 3 heterocycles. The Bertz CT molecular complexity index is 2390. The van der Waals surface area contributed by atoms with E-state index in [0.29, 0.717) is 16.5 Å². The second-order valence-electron chi connectivity index (χ2n) is 12.8. The van der Waals surface area contributed by atoms with Crippen molar-refractivity contribution in [1.82, 2.24) is 14.8 Å². The van der Waals surface area contributed by atoms with Gasteiger partial charge in [0, 0.05) is 42.3 Å². The van der Waals surface area contributed by atoms with Crippen molar-refractivity contribution < 1.29 is 36.4 Å². The lowest BCUT2D eigenvalue weighted by Crippen LogP contribution is -2.35. The Labute approximate surface area is 304 Å². The molecule has 0 saturated heterocycles. The summed E-state index contributed by atoms with van der Waals surface area (Å²) < 4.78 is 54.1. The van der Waals surface area contributed by atoms with Crippen LogP contribution < -0.4 is 8.92 Å². The minimum atomic E-state index is -4.45. The molecule has 0 spiro atoms. The van der Waals surface area contributed by atoms with Crippen LogP contribution in [0.5, 0.6) is 11.5 Å². The molecule has 8 rings (SSSR count). The molecular formula is C41H32FN3O7S. The number of aromatic nitrogens is 1. The lowest BCUT2D eigenvalue weighted by atomic mass is 9.99. The largest absolute Gasteiger partial charge is 0.478 e. The van der Waals surface area contributed by atoms with Crippen LogP contribution in [0.4, 0.5) is 4.39 Å². The third-order valence-electron chi connectivity index (χ3n) is 9.47. The molecule has 2 aliphatic rings. The summed E-state index contributed by atoms with van der Waals surface area (Å²) in [6.07, 6.45) is -0.396. The number of benzene rings is 5. The van der Waals surface area contributed by atoms with Crippen molar-refractivity contribution in [2.75, 3.05) is 12.3 Å². The molecule has 6 aromatic rings. The van der Waals surface area contributed by atoms with E-state index >= 15 is 0 Å². The third kappa shape index (κ3) is 6.52. The summed E-state index contributed by atoms with van der Waals surface area (Å²) in [6, 6.07) is 34.7. The number of carbonyl (C=O) groups excluding carboxylic acids is 2. The lowest BCUT2D eigenvalue weighted by molar-refractivity contribution is 0.00573. The molecule has 266 valence electrons. The van der Waals surface area contributed by atoms with E-state index < -0.39 is 52.4 Å². The van der Waals surface area contributed by atoms with Gasteiger partial charge in [-0.05, 0) is 53.1 Å². The summed E-state index contributed by atoms with van der Waals surface area (Å²) in [4.78, 5) is 33.2. The topological polar surface area (TPSA) is 126 Å². The molecule has 12 heteroatoms. The number of carbonyl (C=O) groups is 2. The minimum absolute atomic E-state index is 0.0413. The Morgan fingerprint density at radius 3 is 2.02 bits per heavy atom. The van der Waals surface area contributed by atoms with E-state index in [1.54, 1.807) is 47.5 Å². The Kier molecular flexibility index (Phi) is 8.95. The highest BCUT2D eigenvalue weighted by molar-refractivity contribution is 7.87. The van der Waals surface area contributed by atoms with Gasteiger partial charge in [-0.2, -0.15) is 8.42 Å². The number of nitrogens with zero attached hydrogens (tertiary/aromatic N) is 3. The average molecular weight is 730 g/mol. The van der Waals surface area contributed by atoms with Crippen molar-refractivity contribution in [3.8, 4) is 11.5 Å². The highest BCUT2D eigenvalue weighted by Gasteiger charge is 2.40. The maximum atomic E-state index is 13.8. The highest BCUT2D eigenvalue weighted by Crippen LogP contribution is 2.50. The normalized spacial score (nSPS) is 15.6. The van der Waals surface area contributed by atoms with Crippen molar-refractivity contribution in [2.45, 2.75) is 25.4 Å². The zero-order valence-electron chi connectivity index (χ0n) is 28.1. The molecule has 10 nitrogen and oxygen atoms in total. The second-order valence-corrected chi connectivity index (χ2v) is 14.5. The average Bonchev–Trinajstić information content (AvgIpc) is 3.63. The van der Waals surface area contributed by atoms with Gasteiger partial charge in [0.25, 0.3) is 11.8 Å². The first kappa shape index (κ1) is 34.2. The summed E-state index contributed by atoms with van der Waals surface area (Å²) in [5.74, 6) is -2.04. The van der Waals surface area contributed by atoms with E-state index in [9.17, 15) is 27.5 Å². The first-order valence-electron chi connectivity index (χ1n) is 16.9. The van der Waals surface area contributed by atoms with E-state index in [1.165, 1.54) is 24.3 Å². The Balaban J connectivity index is 1.20. The van der Waals surface area contributed by atoms with Crippen LogP contribution in [0.3, 0.4) is 0 Å². The SMILES string of the molecule is O=C1c2ccccc2C(=O)N1CCS(=O)(=O)Oc1c2c(c(OC(c3ccccc3)c3ccccc3)c3ncccc13)C(O)N(Cc1ccc(F)cc1)C2. The van der Waals surface area contributed by atoms with Crippen molar-refractivity contribution in [3.05, 3.63) is 172 Å². The van der Waals surface area contributed by atoms with Gasteiger partial charge in [-0.15, -0.1) is 0 Å². The minimum Gasteiger partial charge on any atom is -0.478 e. The van der Waals surface area contributed by atoms with Crippen molar-refractivity contribution in [2.24, 2.45) is 0 Å². The molecule has 1 aromatic heterocycles. The first-order chi connectivity index (χ1) is 25.7. The van der Waals surface area contributed by atoms with Crippen LogP contribution in [0.1, 0.15) is 60.9 Å². The molecular weight excluding hydrogens is 698 g/mol. The Hall–Kier alpha value is -5.95. The summed E-state index contributed by atoms with van der Waals surface area (Å²) in [7, 11) is -4.45. The zero-order chi connectivity index (χ0) is 36.7. The van der Waals surface area contributed by atoms with Crippen molar-refractivity contribution in [1.29, 1.82) is 0 Å². The Morgan fingerprint density at radius 2 is 1.40 bits per heavy atom. The quantitative estimate of drug-likeness (QED) is 0.117. The van der Waals surface area contributed by atoms with E-state index in [0.717, 1.165) is 16.0 Å². The van der Waals surface area contributed by atoms with Gasteiger partial charge in [0.05, 0.1) is 11.1 Å². The summed E-state index contributed by atoms with van der Waals surface area (Å²) in [5.41, 5.74) is 3.70. The summed E-state index contributed by atoms with van der Waals surface area (Å²) in [6.45, 7) is -0.199. The number of hydrogen-bond donors (Lipinski definition) is 1. The van der Waals surface area contributed by atoms with Crippen LogP contribution in [-0.4, -0.2) is 52.4 Å². The van der Waals surface area contributed by atoms with Crippen molar-refractivity contribution in [3.63, 3.8) is 0 Å². The molecule has 0 bridgehead atoms. The van der Waals surface area contributed by atoms with Gasteiger partial charge in [0.1, 0.15) is 29.4 Å². The van der Waals surface area contributed by atoms with Gasteiger partial charge in [-0.1, -0.05) is 84.9 Å². The molecule has 1 N–H and O–H groups in total. The molecule has 2 amide bonds. The molecule has 53 heavy (non-hydrogen) atoms. The predicted octanol–water partition coefficient (Wildman–Crippen LogP) is 6.55. The monoisotopic (exact) mass is 729 g/mol. The van der Waals surface area contributed by atoms with Crippen molar-refractivity contribution >= 4 is 32.8 Å².